The van der Waals surface area contributed by atoms with Crippen LogP contribution in [-0.4, -0.2) is 53.7 Å². The number of amides is 1. The zero-order valence-corrected chi connectivity index (χ0v) is 29.6. The van der Waals surface area contributed by atoms with Gasteiger partial charge in [0.05, 0.1) is 30.2 Å². The number of pyridine rings is 1. The largest absolute Gasteiger partial charge is 0.493 e. The normalized spacial score (nSPS) is 19.0. The van der Waals surface area contributed by atoms with Crippen molar-refractivity contribution in [2.75, 3.05) is 27.2 Å². The van der Waals surface area contributed by atoms with Crippen LogP contribution in [0.15, 0.2) is 41.3 Å². The Morgan fingerprint density at radius 2 is 1.62 bits per heavy atom. The summed E-state index contributed by atoms with van der Waals surface area (Å²) in [6.45, 7) is 1.70. The van der Waals surface area contributed by atoms with Crippen LogP contribution in [0.4, 0.5) is 30.7 Å². The highest BCUT2D eigenvalue weighted by atomic mass is 19.4. The van der Waals surface area contributed by atoms with E-state index in [1.54, 1.807) is 19.0 Å². The van der Waals surface area contributed by atoms with Crippen molar-refractivity contribution in [1.29, 1.82) is 0 Å². The number of carboxylic acid groups (broad SMARTS) is 1. The Hall–Kier alpha value is -4.40. The summed E-state index contributed by atoms with van der Waals surface area (Å²) in [4.78, 5) is 41.4. The summed E-state index contributed by atoms with van der Waals surface area (Å²) in [6.07, 6.45) is -6.54. The van der Waals surface area contributed by atoms with E-state index in [9.17, 15) is 45.8 Å². The Bertz CT molecular complexity index is 1900. The fourth-order valence-corrected chi connectivity index (χ4v) is 6.86. The Morgan fingerprint density at radius 3 is 2.25 bits per heavy atom. The number of carbonyl (C=O) groups is 2. The van der Waals surface area contributed by atoms with Crippen LogP contribution in [0.3, 0.4) is 0 Å². The first-order chi connectivity index (χ1) is 24.8. The third-order valence-electron chi connectivity index (χ3n) is 9.70. The van der Waals surface area contributed by atoms with Crippen molar-refractivity contribution < 1.29 is 50.2 Å². The number of aliphatic carboxylic acids is 1. The second-order valence-electron chi connectivity index (χ2n) is 14.1. The minimum Gasteiger partial charge on any atom is -0.493 e. The van der Waals surface area contributed by atoms with E-state index in [2.05, 4.69) is 5.32 Å². The summed E-state index contributed by atoms with van der Waals surface area (Å²) in [5, 5.41) is 12.5. The lowest BCUT2D eigenvalue weighted by atomic mass is 9.89. The number of aromatic nitrogens is 1. The number of likely N-dealkylation sites (N-methyl/N-ethyl adjacent to an activating group) is 1. The number of carbonyl (C=O) groups excluding carboxylic acids is 1. The van der Waals surface area contributed by atoms with Crippen molar-refractivity contribution in [1.82, 2.24) is 14.8 Å². The van der Waals surface area contributed by atoms with E-state index in [0.29, 0.717) is 44.6 Å². The summed E-state index contributed by atoms with van der Waals surface area (Å²) in [6, 6.07) is 2.21. The molecule has 0 radical (unpaired) electrons. The average Bonchev–Trinajstić information content (AvgIpc) is 3.89. The topological polar surface area (TPSA) is 101 Å². The number of ether oxygens (including phenoxy) is 1. The number of rotatable bonds is 7. The number of nitrogens with one attached hydrogen (secondary N) is 1. The summed E-state index contributed by atoms with van der Waals surface area (Å²) in [5.74, 6) is -3.42. The molecule has 2 atom stereocenters. The van der Waals surface area contributed by atoms with Crippen LogP contribution in [0.1, 0.15) is 103 Å². The zero-order valence-electron chi connectivity index (χ0n) is 29.6. The number of aryl methyl sites for hydroxylation is 1. The van der Waals surface area contributed by atoms with E-state index in [4.69, 9.17) is 4.74 Å². The Morgan fingerprint density at radius 1 is 0.943 bits per heavy atom. The van der Waals surface area contributed by atoms with Gasteiger partial charge in [-0.25, -0.2) is 4.39 Å². The van der Waals surface area contributed by atoms with Gasteiger partial charge in [-0.2, -0.15) is 26.3 Å². The number of carboxylic acids is 1. The summed E-state index contributed by atoms with van der Waals surface area (Å²) >= 11 is 0. The number of fused-ring (bicyclic) bond motifs is 4. The molecule has 2 N–H and O–H groups in total. The highest BCUT2D eigenvalue weighted by Gasteiger charge is 2.37. The van der Waals surface area contributed by atoms with Gasteiger partial charge in [0.15, 0.2) is 0 Å². The Labute approximate surface area is 301 Å². The molecule has 15 heteroatoms. The molecule has 2 aromatic carbocycles. The fraction of sp³-hybridized carbons (Fsp3) is 0.500. The number of alkyl halides is 6. The van der Waals surface area contributed by atoms with E-state index in [1.165, 1.54) is 19.1 Å². The van der Waals surface area contributed by atoms with E-state index < -0.39 is 65.2 Å². The number of nitrogens with zero attached hydrogens (tertiary/aromatic N) is 2. The molecule has 53 heavy (non-hydrogen) atoms. The van der Waals surface area contributed by atoms with Gasteiger partial charge in [0, 0.05) is 29.9 Å². The van der Waals surface area contributed by atoms with Crippen LogP contribution in [0.5, 0.6) is 5.75 Å². The Kier molecular flexibility index (Phi) is 11.9. The Balaban J connectivity index is 1.67. The first-order valence-corrected chi connectivity index (χ1v) is 17.5. The molecule has 1 fully saturated rings. The molecule has 1 aliphatic heterocycles. The van der Waals surface area contributed by atoms with Gasteiger partial charge in [0.2, 0.25) is 5.91 Å². The van der Waals surface area contributed by atoms with Crippen molar-refractivity contribution in [3.63, 3.8) is 0 Å². The minimum absolute atomic E-state index is 0.0242. The number of halogens is 7. The maximum Gasteiger partial charge on any atom is 0.416 e. The molecule has 1 amide bonds. The van der Waals surface area contributed by atoms with E-state index >= 15 is 4.39 Å². The lowest BCUT2D eigenvalue weighted by molar-refractivity contribution is -0.139. The van der Waals surface area contributed by atoms with E-state index in [-0.39, 0.29) is 71.0 Å². The van der Waals surface area contributed by atoms with E-state index in [1.807, 2.05) is 0 Å². The minimum atomic E-state index is -4.84. The lowest BCUT2D eigenvalue weighted by Gasteiger charge is -2.27. The highest BCUT2D eigenvalue weighted by molar-refractivity contribution is 5.82. The van der Waals surface area contributed by atoms with Crippen LogP contribution < -0.4 is 15.6 Å². The molecule has 3 aromatic rings. The molecule has 0 unspecified atom stereocenters. The molecule has 0 saturated heterocycles. The molecule has 2 aliphatic rings. The van der Waals surface area contributed by atoms with Crippen LogP contribution in [0.2, 0.25) is 0 Å². The molecule has 1 aromatic heterocycles. The molecule has 1 aliphatic carbocycles. The van der Waals surface area contributed by atoms with Crippen molar-refractivity contribution in [2.45, 2.75) is 95.1 Å². The smallest absolute Gasteiger partial charge is 0.416 e. The molecule has 2 bridgehead atoms. The first kappa shape index (κ1) is 39.8. The quantitative estimate of drug-likeness (QED) is 0.236. The van der Waals surface area contributed by atoms with Gasteiger partial charge >= 0.3 is 18.3 Å². The van der Waals surface area contributed by atoms with E-state index in [0.717, 1.165) is 22.9 Å². The van der Waals surface area contributed by atoms with Gasteiger partial charge < -0.3 is 24.6 Å². The summed E-state index contributed by atoms with van der Waals surface area (Å²) in [5.41, 5.74) is -2.67. The standard InChI is InChI=1S/C38H42F7N3O5/c1-21-14-25(37(40,41)42)17-31-34(21)24-15-26(22-9-10-22)35(39)27(16-24)29(19-33(50)51)46-36(52)30(8-6-4-5-7-13-53-31)48-20-23(11-12-47(2)3)28(18-32(48)49)38(43,44)45/h14-18,20,22,29-30H,4-13,19H2,1-3H3,(H,46,52)(H,50,51)/t29-,30-/m0/s1. The van der Waals surface area contributed by atoms with Gasteiger partial charge in [-0.05, 0) is 106 Å². The molecule has 0 spiro atoms. The van der Waals surface area contributed by atoms with Crippen molar-refractivity contribution >= 4 is 11.9 Å². The maximum atomic E-state index is 16.4. The average molecular weight is 754 g/mol. The number of benzene rings is 2. The summed E-state index contributed by atoms with van der Waals surface area (Å²) in [7, 11) is 3.35. The van der Waals surface area contributed by atoms with Crippen LogP contribution in [0.25, 0.3) is 11.1 Å². The predicted molar refractivity (Wildman–Crippen MR) is 182 cm³/mol. The highest BCUT2D eigenvalue weighted by Crippen LogP contribution is 2.47. The third-order valence-corrected chi connectivity index (χ3v) is 9.70. The number of hydrogen-bond donors (Lipinski definition) is 2. The number of hydrogen-bond acceptors (Lipinski definition) is 5. The van der Waals surface area contributed by atoms with Gasteiger partial charge in [0.25, 0.3) is 5.56 Å². The van der Waals surface area contributed by atoms with Crippen LogP contribution in [-0.2, 0) is 28.4 Å². The van der Waals surface area contributed by atoms with Gasteiger partial charge in [0.1, 0.15) is 17.6 Å². The van der Waals surface area contributed by atoms with Crippen LogP contribution >= 0.6 is 0 Å². The van der Waals surface area contributed by atoms with Gasteiger partial charge in [-0.3, -0.25) is 14.4 Å². The third kappa shape index (κ3) is 9.59. The lowest BCUT2D eigenvalue weighted by Crippen LogP contribution is -2.40. The second kappa shape index (κ2) is 15.9. The monoisotopic (exact) mass is 753 g/mol. The summed E-state index contributed by atoms with van der Waals surface area (Å²) < 4.78 is 107. The van der Waals surface area contributed by atoms with Crippen LogP contribution in [0, 0.1) is 12.7 Å². The van der Waals surface area contributed by atoms with Crippen molar-refractivity contribution in [2.24, 2.45) is 0 Å². The van der Waals surface area contributed by atoms with Gasteiger partial charge in [-0.15, -0.1) is 0 Å². The predicted octanol–water partition coefficient (Wildman–Crippen LogP) is 8.20. The molecule has 288 valence electrons. The van der Waals surface area contributed by atoms with Crippen molar-refractivity contribution in [3.8, 4) is 16.9 Å². The second-order valence-corrected chi connectivity index (χ2v) is 14.1. The molecule has 8 nitrogen and oxygen atoms in total. The maximum absolute atomic E-state index is 16.4. The fourth-order valence-electron chi connectivity index (χ4n) is 6.86. The molecular formula is C38H42F7N3O5. The molecule has 2 heterocycles. The SMILES string of the molecule is Cc1cc(C(F)(F)F)cc2c1-c1cc(C3CC3)c(F)c(c1)[C@H](CC(=O)O)NC(=O)[C@@H](n1cc(CCN(C)C)c(C(F)(F)F)cc1=O)CCCCCCO2. The molecule has 1 saturated carbocycles. The molecular weight excluding hydrogens is 711 g/mol. The molecule has 5 rings (SSSR count). The van der Waals surface area contributed by atoms with Crippen molar-refractivity contribution in [3.05, 3.63) is 86.1 Å². The van der Waals surface area contributed by atoms with Gasteiger partial charge in [-0.1, -0.05) is 19.3 Å². The zero-order chi connectivity index (χ0) is 38.8. The first-order valence-electron chi connectivity index (χ1n) is 17.5.